The summed E-state index contributed by atoms with van der Waals surface area (Å²) in [7, 11) is 0. The fourth-order valence-electron chi connectivity index (χ4n) is 1.30. The van der Waals surface area contributed by atoms with E-state index < -0.39 is 0 Å². The molecule has 1 rings (SSSR count). The number of rotatable bonds is 4. The average Bonchev–Trinajstić information content (AvgIpc) is 2.18. The van der Waals surface area contributed by atoms with Gasteiger partial charge in [-0.1, -0.05) is 18.6 Å². The Morgan fingerprint density at radius 1 is 1.43 bits per heavy atom. The molecular formula is C11H17N3. The second-order valence-corrected chi connectivity index (χ2v) is 3.45. The molecule has 76 valence electrons. The molecule has 0 aliphatic heterocycles. The summed E-state index contributed by atoms with van der Waals surface area (Å²) in [5, 5.41) is 3.37. The van der Waals surface area contributed by atoms with Gasteiger partial charge in [0.2, 0.25) is 0 Å². The predicted molar refractivity (Wildman–Crippen MR) is 57.9 cm³/mol. The summed E-state index contributed by atoms with van der Waals surface area (Å²) in [6.45, 7) is 7.21. The summed E-state index contributed by atoms with van der Waals surface area (Å²) in [6.07, 6.45) is 7.43. The van der Waals surface area contributed by atoms with E-state index in [9.17, 15) is 0 Å². The number of nitrogens with zero attached hydrogens (tertiary/aromatic N) is 2. The van der Waals surface area contributed by atoms with Crippen molar-refractivity contribution < 1.29 is 0 Å². The van der Waals surface area contributed by atoms with Crippen LogP contribution in [0.25, 0.3) is 0 Å². The van der Waals surface area contributed by atoms with Crippen molar-refractivity contribution in [1.82, 2.24) is 15.3 Å². The van der Waals surface area contributed by atoms with Crippen molar-refractivity contribution in [2.75, 3.05) is 6.54 Å². The lowest BCUT2D eigenvalue weighted by Gasteiger charge is -2.13. The largest absolute Gasteiger partial charge is 0.307 e. The zero-order valence-electron chi connectivity index (χ0n) is 8.99. The summed E-state index contributed by atoms with van der Waals surface area (Å²) >= 11 is 0. The molecule has 1 aromatic heterocycles. The van der Waals surface area contributed by atoms with Gasteiger partial charge in [0.1, 0.15) is 6.33 Å². The Kier molecular flexibility index (Phi) is 4.26. The third-order valence-corrected chi connectivity index (χ3v) is 1.86. The first-order valence-corrected chi connectivity index (χ1v) is 4.87. The van der Waals surface area contributed by atoms with Crippen LogP contribution in [-0.2, 0) is 0 Å². The van der Waals surface area contributed by atoms with Gasteiger partial charge in [0, 0.05) is 18.0 Å². The van der Waals surface area contributed by atoms with Crippen LogP contribution < -0.4 is 5.32 Å². The Hall–Kier alpha value is -1.22. The molecule has 3 heteroatoms. The third kappa shape index (κ3) is 3.26. The quantitative estimate of drug-likeness (QED) is 0.740. The number of likely N-dealkylation sites (N-methyl/N-ethyl adjacent to an activating group) is 1. The monoisotopic (exact) mass is 191 g/mol. The van der Waals surface area contributed by atoms with E-state index in [0.717, 1.165) is 12.1 Å². The van der Waals surface area contributed by atoms with Crippen LogP contribution in [0.2, 0.25) is 0 Å². The number of hydrogen-bond donors (Lipinski definition) is 1. The predicted octanol–water partition coefficient (Wildman–Crippen LogP) is 2.09. The van der Waals surface area contributed by atoms with E-state index in [1.165, 1.54) is 5.57 Å². The van der Waals surface area contributed by atoms with Crippen LogP contribution in [0.3, 0.4) is 0 Å². The summed E-state index contributed by atoms with van der Waals surface area (Å²) < 4.78 is 0. The van der Waals surface area contributed by atoms with Gasteiger partial charge in [0.25, 0.3) is 0 Å². The molecule has 0 spiro atoms. The lowest BCUT2D eigenvalue weighted by atomic mass is 10.1. The molecule has 1 heterocycles. The van der Waals surface area contributed by atoms with E-state index in [-0.39, 0.29) is 6.04 Å². The summed E-state index contributed by atoms with van der Waals surface area (Å²) in [5.74, 6) is 0. The standard InChI is InChI=1S/C11H17N3/c1-4-14-11(5-9(2)3)10-6-12-8-13-7-10/h5-8,11,14H,4H2,1-3H3. The third-order valence-electron chi connectivity index (χ3n) is 1.86. The SMILES string of the molecule is CCNC(C=C(C)C)c1cncnc1. The molecule has 0 saturated carbocycles. The molecule has 3 nitrogen and oxygen atoms in total. The molecule has 0 fully saturated rings. The Bertz CT molecular complexity index is 289. The van der Waals surface area contributed by atoms with Crippen LogP contribution in [0.1, 0.15) is 32.4 Å². The maximum Gasteiger partial charge on any atom is 0.115 e. The first-order valence-electron chi connectivity index (χ1n) is 4.87. The lowest BCUT2D eigenvalue weighted by Crippen LogP contribution is -2.19. The molecule has 1 atom stereocenters. The molecule has 1 aromatic rings. The smallest absolute Gasteiger partial charge is 0.115 e. The zero-order chi connectivity index (χ0) is 10.4. The van der Waals surface area contributed by atoms with Gasteiger partial charge in [0.05, 0.1) is 6.04 Å². The van der Waals surface area contributed by atoms with Crippen LogP contribution in [0, 0.1) is 0 Å². The highest BCUT2D eigenvalue weighted by Gasteiger charge is 2.06. The van der Waals surface area contributed by atoms with Gasteiger partial charge in [-0.25, -0.2) is 9.97 Å². The average molecular weight is 191 g/mol. The van der Waals surface area contributed by atoms with Crippen molar-refractivity contribution in [3.05, 3.63) is 35.9 Å². The molecule has 1 unspecified atom stereocenters. The van der Waals surface area contributed by atoms with Gasteiger partial charge >= 0.3 is 0 Å². The van der Waals surface area contributed by atoms with Gasteiger partial charge in [0.15, 0.2) is 0 Å². The van der Waals surface area contributed by atoms with Crippen LogP contribution in [-0.4, -0.2) is 16.5 Å². The zero-order valence-corrected chi connectivity index (χ0v) is 8.99. The number of nitrogens with one attached hydrogen (secondary N) is 1. The highest BCUT2D eigenvalue weighted by Crippen LogP contribution is 2.13. The van der Waals surface area contributed by atoms with E-state index in [1.807, 2.05) is 12.4 Å². The fraction of sp³-hybridized carbons (Fsp3) is 0.455. The fourth-order valence-corrected chi connectivity index (χ4v) is 1.30. The van der Waals surface area contributed by atoms with Crippen molar-refractivity contribution in [2.45, 2.75) is 26.8 Å². The van der Waals surface area contributed by atoms with E-state index in [2.05, 4.69) is 42.1 Å². The molecule has 0 aliphatic rings. The maximum atomic E-state index is 4.01. The Labute approximate surface area is 85.3 Å². The number of aromatic nitrogens is 2. The van der Waals surface area contributed by atoms with E-state index in [4.69, 9.17) is 0 Å². The normalized spacial score (nSPS) is 12.2. The van der Waals surface area contributed by atoms with Crippen molar-refractivity contribution >= 4 is 0 Å². The Morgan fingerprint density at radius 2 is 2.07 bits per heavy atom. The van der Waals surface area contributed by atoms with Crippen LogP contribution in [0.5, 0.6) is 0 Å². The number of hydrogen-bond acceptors (Lipinski definition) is 3. The van der Waals surface area contributed by atoms with Crippen LogP contribution in [0.4, 0.5) is 0 Å². The molecule has 0 bridgehead atoms. The summed E-state index contributed by atoms with van der Waals surface area (Å²) in [5.41, 5.74) is 2.40. The minimum Gasteiger partial charge on any atom is -0.307 e. The number of allylic oxidation sites excluding steroid dienone is 1. The molecule has 0 aromatic carbocycles. The van der Waals surface area contributed by atoms with Crippen LogP contribution in [0.15, 0.2) is 30.4 Å². The van der Waals surface area contributed by atoms with Gasteiger partial charge in [-0.05, 0) is 20.4 Å². The summed E-state index contributed by atoms with van der Waals surface area (Å²) in [6, 6.07) is 0.228. The first kappa shape index (κ1) is 10.9. The molecule has 0 radical (unpaired) electrons. The van der Waals surface area contributed by atoms with Crippen molar-refractivity contribution in [3.63, 3.8) is 0 Å². The second-order valence-electron chi connectivity index (χ2n) is 3.45. The highest BCUT2D eigenvalue weighted by atomic mass is 14.9. The summed E-state index contributed by atoms with van der Waals surface area (Å²) in [4.78, 5) is 8.03. The minimum atomic E-state index is 0.228. The lowest BCUT2D eigenvalue weighted by molar-refractivity contribution is 0.640. The maximum absolute atomic E-state index is 4.01. The van der Waals surface area contributed by atoms with Gasteiger partial charge in [-0.15, -0.1) is 0 Å². The topological polar surface area (TPSA) is 37.8 Å². The van der Waals surface area contributed by atoms with Gasteiger partial charge in [-0.2, -0.15) is 0 Å². The molecule has 14 heavy (non-hydrogen) atoms. The molecule has 0 amide bonds. The molecular weight excluding hydrogens is 174 g/mol. The van der Waals surface area contributed by atoms with Gasteiger partial charge < -0.3 is 5.32 Å². The molecule has 0 aliphatic carbocycles. The Balaban J connectivity index is 2.83. The van der Waals surface area contributed by atoms with E-state index in [1.54, 1.807) is 6.33 Å². The van der Waals surface area contributed by atoms with Crippen molar-refractivity contribution in [1.29, 1.82) is 0 Å². The first-order chi connectivity index (χ1) is 6.74. The second kappa shape index (κ2) is 5.50. The van der Waals surface area contributed by atoms with E-state index in [0.29, 0.717) is 0 Å². The Morgan fingerprint density at radius 3 is 2.57 bits per heavy atom. The highest BCUT2D eigenvalue weighted by molar-refractivity contribution is 5.17. The van der Waals surface area contributed by atoms with Crippen LogP contribution >= 0.6 is 0 Å². The molecule has 1 N–H and O–H groups in total. The van der Waals surface area contributed by atoms with Gasteiger partial charge in [-0.3, -0.25) is 0 Å². The van der Waals surface area contributed by atoms with E-state index >= 15 is 0 Å². The molecule has 0 saturated heterocycles. The van der Waals surface area contributed by atoms with Crippen molar-refractivity contribution in [3.8, 4) is 0 Å². The van der Waals surface area contributed by atoms with Crippen molar-refractivity contribution in [2.24, 2.45) is 0 Å². The minimum absolute atomic E-state index is 0.228.